The van der Waals surface area contributed by atoms with Crippen LogP contribution in [0.1, 0.15) is 29.0 Å². The van der Waals surface area contributed by atoms with Crippen LogP contribution in [0.25, 0.3) is 0 Å². The summed E-state index contributed by atoms with van der Waals surface area (Å²) in [7, 11) is 3.21. The van der Waals surface area contributed by atoms with E-state index in [1.165, 1.54) is 11.1 Å². The number of benzene rings is 2. The lowest BCUT2D eigenvalue weighted by atomic mass is 9.82. The zero-order chi connectivity index (χ0) is 15.7. The highest BCUT2D eigenvalue weighted by atomic mass is 16.5. The lowest BCUT2D eigenvalue weighted by Gasteiger charge is -2.28. The molecule has 1 amide bonds. The number of methoxy groups -OCH3 is 2. The van der Waals surface area contributed by atoms with Gasteiger partial charge in [0, 0.05) is 24.1 Å². The number of nitrogens with one attached hydrogen (secondary N) is 1. The normalized spacial score (nSPS) is 16.7. The maximum Gasteiger partial charge on any atom is 0.225 e. The molecule has 114 valence electrons. The summed E-state index contributed by atoms with van der Waals surface area (Å²) in [6.45, 7) is 2.07. The van der Waals surface area contributed by atoms with Crippen LogP contribution in [0.5, 0.6) is 11.5 Å². The number of ether oxygens (including phenoxy) is 2. The second-order valence-corrected chi connectivity index (χ2v) is 5.46. The lowest BCUT2D eigenvalue weighted by molar-refractivity contribution is -0.116. The largest absolute Gasteiger partial charge is 0.493 e. The number of carbonyl (C=O) groups excluding carboxylic acids is 1. The van der Waals surface area contributed by atoms with Crippen LogP contribution in [-0.2, 0) is 4.79 Å². The Labute approximate surface area is 130 Å². The van der Waals surface area contributed by atoms with Gasteiger partial charge in [-0.15, -0.1) is 0 Å². The first-order valence-corrected chi connectivity index (χ1v) is 7.25. The molecule has 0 saturated carbocycles. The zero-order valence-corrected chi connectivity index (χ0v) is 13.0. The topological polar surface area (TPSA) is 47.6 Å². The smallest absolute Gasteiger partial charge is 0.225 e. The average Bonchev–Trinajstić information content (AvgIpc) is 2.53. The van der Waals surface area contributed by atoms with Crippen molar-refractivity contribution in [3.05, 3.63) is 53.1 Å². The van der Waals surface area contributed by atoms with Crippen molar-refractivity contribution in [1.82, 2.24) is 0 Å². The van der Waals surface area contributed by atoms with E-state index >= 15 is 0 Å². The molecule has 1 heterocycles. The molecule has 0 aliphatic carbocycles. The number of hydrogen-bond acceptors (Lipinski definition) is 3. The van der Waals surface area contributed by atoms with E-state index in [9.17, 15) is 4.79 Å². The molecule has 0 saturated heterocycles. The first kappa shape index (κ1) is 14.4. The molecule has 1 N–H and O–H groups in total. The molecule has 0 spiro atoms. The number of hydrogen-bond donors (Lipinski definition) is 1. The summed E-state index contributed by atoms with van der Waals surface area (Å²) < 4.78 is 10.7. The third kappa shape index (κ3) is 2.41. The fraction of sp³-hybridized carbons (Fsp3) is 0.278. The standard InChI is InChI=1S/C18H19NO3/c1-11-6-4-5-7-12(11)13-9-18(20)19-15-10-17(22-3)16(21-2)8-14(13)15/h4-8,10,13H,9H2,1-3H3,(H,19,20)/t13-/m0/s1. The highest BCUT2D eigenvalue weighted by Crippen LogP contribution is 2.43. The van der Waals surface area contributed by atoms with Crippen molar-refractivity contribution >= 4 is 11.6 Å². The maximum absolute atomic E-state index is 12.1. The third-order valence-electron chi connectivity index (χ3n) is 4.16. The van der Waals surface area contributed by atoms with E-state index in [0.717, 1.165) is 11.3 Å². The van der Waals surface area contributed by atoms with E-state index in [1.54, 1.807) is 14.2 Å². The van der Waals surface area contributed by atoms with Crippen LogP contribution in [-0.4, -0.2) is 20.1 Å². The van der Waals surface area contributed by atoms with Crippen molar-refractivity contribution in [1.29, 1.82) is 0 Å². The molecule has 0 fully saturated rings. The Kier molecular flexibility index (Phi) is 3.75. The SMILES string of the molecule is COc1cc2c(cc1OC)[C@H](c1ccccc1C)CC(=O)N2. The van der Waals surface area contributed by atoms with Gasteiger partial charge >= 0.3 is 0 Å². The summed E-state index contributed by atoms with van der Waals surface area (Å²) in [6.07, 6.45) is 0.438. The highest BCUT2D eigenvalue weighted by molar-refractivity contribution is 5.96. The molecule has 2 aromatic rings. The van der Waals surface area contributed by atoms with Crippen LogP contribution in [0.2, 0.25) is 0 Å². The van der Waals surface area contributed by atoms with Crippen LogP contribution >= 0.6 is 0 Å². The highest BCUT2D eigenvalue weighted by Gasteiger charge is 2.29. The number of anilines is 1. The van der Waals surface area contributed by atoms with Gasteiger partial charge in [-0.2, -0.15) is 0 Å². The minimum Gasteiger partial charge on any atom is -0.493 e. The number of carbonyl (C=O) groups is 1. The predicted molar refractivity (Wildman–Crippen MR) is 85.8 cm³/mol. The number of aryl methyl sites for hydroxylation is 1. The fourth-order valence-electron chi connectivity index (χ4n) is 3.04. The Morgan fingerprint density at radius 2 is 1.73 bits per heavy atom. The molecule has 0 aromatic heterocycles. The monoisotopic (exact) mass is 297 g/mol. The summed E-state index contributed by atoms with van der Waals surface area (Å²) in [5.41, 5.74) is 4.21. The molecule has 4 heteroatoms. The Morgan fingerprint density at radius 3 is 2.41 bits per heavy atom. The summed E-state index contributed by atoms with van der Waals surface area (Å²) in [6, 6.07) is 12.0. The van der Waals surface area contributed by atoms with Crippen LogP contribution in [0.3, 0.4) is 0 Å². The van der Waals surface area contributed by atoms with E-state index in [0.29, 0.717) is 17.9 Å². The minimum absolute atomic E-state index is 0.0213. The van der Waals surface area contributed by atoms with Gasteiger partial charge in [-0.25, -0.2) is 0 Å². The van der Waals surface area contributed by atoms with E-state index < -0.39 is 0 Å². The van der Waals surface area contributed by atoms with Crippen molar-refractivity contribution in [2.75, 3.05) is 19.5 Å². The van der Waals surface area contributed by atoms with Gasteiger partial charge in [0.25, 0.3) is 0 Å². The number of amides is 1. The van der Waals surface area contributed by atoms with Crippen LogP contribution in [0.4, 0.5) is 5.69 Å². The van der Waals surface area contributed by atoms with Crippen molar-refractivity contribution in [2.24, 2.45) is 0 Å². The first-order chi connectivity index (χ1) is 10.6. The second-order valence-electron chi connectivity index (χ2n) is 5.46. The molecular weight excluding hydrogens is 278 g/mol. The van der Waals surface area contributed by atoms with Crippen molar-refractivity contribution < 1.29 is 14.3 Å². The van der Waals surface area contributed by atoms with E-state index in [2.05, 4.69) is 24.4 Å². The lowest BCUT2D eigenvalue weighted by Crippen LogP contribution is -2.24. The first-order valence-electron chi connectivity index (χ1n) is 7.25. The van der Waals surface area contributed by atoms with Crippen LogP contribution in [0.15, 0.2) is 36.4 Å². The molecule has 1 atom stereocenters. The summed E-state index contributed by atoms with van der Waals surface area (Å²) >= 11 is 0. The molecule has 0 unspecified atom stereocenters. The summed E-state index contributed by atoms with van der Waals surface area (Å²) in [4.78, 5) is 12.1. The van der Waals surface area contributed by atoms with Gasteiger partial charge in [-0.3, -0.25) is 4.79 Å². The zero-order valence-electron chi connectivity index (χ0n) is 13.0. The molecule has 3 rings (SSSR count). The van der Waals surface area contributed by atoms with Gasteiger partial charge in [0.2, 0.25) is 5.91 Å². The summed E-state index contributed by atoms with van der Waals surface area (Å²) in [5.74, 6) is 1.35. The Bertz CT molecular complexity index is 724. The van der Waals surface area contributed by atoms with E-state index in [4.69, 9.17) is 9.47 Å². The molecule has 22 heavy (non-hydrogen) atoms. The third-order valence-corrected chi connectivity index (χ3v) is 4.16. The number of rotatable bonds is 3. The van der Waals surface area contributed by atoms with Gasteiger partial charge < -0.3 is 14.8 Å². The molecule has 0 radical (unpaired) electrons. The molecular formula is C18H19NO3. The second kappa shape index (κ2) is 5.72. The Balaban J connectivity index is 2.16. The van der Waals surface area contributed by atoms with E-state index in [-0.39, 0.29) is 11.8 Å². The molecule has 1 aliphatic rings. The quantitative estimate of drug-likeness (QED) is 0.943. The molecule has 1 aliphatic heterocycles. The van der Waals surface area contributed by atoms with Crippen molar-refractivity contribution in [2.45, 2.75) is 19.3 Å². The van der Waals surface area contributed by atoms with Gasteiger partial charge in [0.15, 0.2) is 11.5 Å². The fourth-order valence-corrected chi connectivity index (χ4v) is 3.04. The van der Waals surface area contributed by atoms with Gasteiger partial charge in [-0.1, -0.05) is 24.3 Å². The Hall–Kier alpha value is -2.49. The molecule has 0 bridgehead atoms. The predicted octanol–water partition coefficient (Wildman–Crippen LogP) is 3.49. The minimum atomic E-state index is 0.0213. The Morgan fingerprint density at radius 1 is 1.05 bits per heavy atom. The van der Waals surface area contributed by atoms with Crippen molar-refractivity contribution in [3.63, 3.8) is 0 Å². The van der Waals surface area contributed by atoms with Crippen LogP contribution in [0, 0.1) is 6.92 Å². The average molecular weight is 297 g/mol. The van der Waals surface area contributed by atoms with E-state index in [1.807, 2.05) is 24.3 Å². The van der Waals surface area contributed by atoms with Gasteiger partial charge in [-0.05, 0) is 29.7 Å². The molecule has 2 aromatic carbocycles. The maximum atomic E-state index is 12.1. The summed E-state index contributed by atoms with van der Waals surface area (Å²) in [5, 5.41) is 2.93. The van der Waals surface area contributed by atoms with Crippen molar-refractivity contribution in [3.8, 4) is 11.5 Å². The number of fused-ring (bicyclic) bond motifs is 1. The van der Waals surface area contributed by atoms with Gasteiger partial charge in [0.1, 0.15) is 0 Å². The van der Waals surface area contributed by atoms with Gasteiger partial charge in [0.05, 0.1) is 14.2 Å². The van der Waals surface area contributed by atoms with Crippen LogP contribution < -0.4 is 14.8 Å². The molecule has 4 nitrogen and oxygen atoms in total.